The van der Waals surface area contributed by atoms with Crippen molar-refractivity contribution in [2.45, 2.75) is 19.5 Å². The number of thiophene rings is 1. The second-order valence-electron chi connectivity index (χ2n) is 6.79. The smallest absolute Gasteiger partial charge is 0.254 e. The lowest BCUT2D eigenvalue weighted by Gasteiger charge is -2.27. The SMILES string of the molecule is O=c1[nH]c(-c2cccnc2)nc2c1CCN(Cc1cc3ccccc3s1)C2. The van der Waals surface area contributed by atoms with Gasteiger partial charge in [-0.05, 0) is 36.1 Å². The first-order chi connectivity index (χ1) is 13.3. The highest BCUT2D eigenvalue weighted by Gasteiger charge is 2.22. The van der Waals surface area contributed by atoms with E-state index in [0.717, 1.165) is 36.3 Å². The van der Waals surface area contributed by atoms with Crippen LogP contribution in [0.25, 0.3) is 21.5 Å². The van der Waals surface area contributed by atoms with Gasteiger partial charge in [-0.3, -0.25) is 14.7 Å². The van der Waals surface area contributed by atoms with Crippen LogP contribution in [0.5, 0.6) is 0 Å². The average Bonchev–Trinajstić information content (AvgIpc) is 3.10. The molecule has 1 N–H and O–H groups in total. The van der Waals surface area contributed by atoms with Gasteiger partial charge in [-0.1, -0.05) is 18.2 Å². The largest absolute Gasteiger partial charge is 0.306 e. The molecule has 0 unspecified atom stereocenters. The lowest BCUT2D eigenvalue weighted by molar-refractivity contribution is 0.243. The van der Waals surface area contributed by atoms with Crippen molar-refractivity contribution in [1.29, 1.82) is 0 Å². The van der Waals surface area contributed by atoms with Gasteiger partial charge >= 0.3 is 0 Å². The molecule has 0 saturated carbocycles. The van der Waals surface area contributed by atoms with Gasteiger partial charge in [0.05, 0.1) is 5.69 Å². The lowest BCUT2D eigenvalue weighted by atomic mass is 10.1. The van der Waals surface area contributed by atoms with Crippen LogP contribution in [0.4, 0.5) is 0 Å². The molecule has 6 heteroatoms. The average molecular weight is 374 g/mol. The summed E-state index contributed by atoms with van der Waals surface area (Å²) in [6, 6.07) is 14.5. The van der Waals surface area contributed by atoms with E-state index < -0.39 is 0 Å². The predicted octanol–water partition coefficient (Wildman–Crippen LogP) is 3.60. The van der Waals surface area contributed by atoms with Gasteiger partial charge in [0.1, 0.15) is 5.82 Å². The van der Waals surface area contributed by atoms with E-state index in [-0.39, 0.29) is 5.56 Å². The maximum Gasteiger partial charge on any atom is 0.254 e. The Morgan fingerprint density at radius 2 is 2.11 bits per heavy atom. The summed E-state index contributed by atoms with van der Waals surface area (Å²) in [6.45, 7) is 2.45. The van der Waals surface area contributed by atoms with Gasteiger partial charge in [0.15, 0.2) is 0 Å². The minimum absolute atomic E-state index is 0.0274. The Kier molecular flexibility index (Phi) is 4.07. The van der Waals surface area contributed by atoms with Crippen molar-refractivity contribution >= 4 is 21.4 Å². The molecule has 5 nitrogen and oxygen atoms in total. The highest BCUT2D eigenvalue weighted by Crippen LogP contribution is 2.27. The predicted molar refractivity (Wildman–Crippen MR) is 108 cm³/mol. The summed E-state index contributed by atoms with van der Waals surface area (Å²) < 4.78 is 1.32. The number of benzene rings is 1. The maximum atomic E-state index is 12.5. The van der Waals surface area contributed by atoms with E-state index in [2.05, 4.69) is 45.2 Å². The number of nitrogens with zero attached hydrogens (tertiary/aromatic N) is 3. The monoisotopic (exact) mass is 374 g/mol. The fourth-order valence-electron chi connectivity index (χ4n) is 3.60. The van der Waals surface area contributed by atoms with Gasteiger partial charge in [0.2, 0.25) is 0 Å². The molecule has 27 heavy (non-hydrogen) atoms. The summed E-state index contributed by atoms with van der Waals surface area (Å²) in [4.78, 5) is 28.0. The molecule has 0 saturated heterocycles. The number of H-pyrrole nitrogens is 1. The minimum atomic E-state index is -0.0274. The Morgan fingerprint density at radius 1 is 1.19 bits per heavy atom. The van der Waals surface area contributed by atoms with E-state index in [0.29, 0.717) is 12.4 Å². The first-order valence-corrected chi connectivity index (χ1v) is 9.80. The molecule has 0 aliphatic carbocycles. The Bertz CT molecular complexity index is 1130. The van der Waals surface area contributed by atoms with E-state index in [9.17, 15) is 4.79 Å². The number of aromatic nitrogens is 3. The molecule has 0 amide bonds. The van der Waals surface area contributed by atoms with Crippen molar-refractivity contribution in [3.8, 4) is 11.4 Å². The van der Waals surface area contributed by atoms with E-state index >= 15 is 0 Å². The quantitative estimate of drug-likeness (QED) is 0.595. The highest BCUT2D eigenvalue weighted by atomic mass is 32.1. The highest BCUT2D eigenvalue weighted by molar-refractivity contribution is 7.19. The van der Waals surface area contributed by atoms with Crippen LogP contribution in [0.15, 0.2) is 59.7 Å². The Labute approximate surface area is 160 Å². The van der Waals surface area contributed by atoms with E-state index in [1.54, 1.807) is 12.4 Å². The summed E-state index contributed by atoms with van der Waals surface area (Å²) in [7, 11) is 0. The zero-order valence-corrected chi connectivity index (χ0v) is 15.5. The normalized spacial score (nSPS) is 14.4. The molecule has 3 aromatic heterocycles. The van der Waals surface area contributed by atoms with Gasteiger partial charge in [-0.15, -0.1) is 11.3 Å². The minimum Gasteiger partial charge on any atom is -0.306 e. The van der Waals surface area contributed by atoms with E-state index in [1.807, 2.05) is 23.5 Å². The first kappa shape index (κ1) is 16.4. The van der Waals surface area contributed by atoms with Crippen molar-refractivity contribution in [3.63, 3.8) is 0 Å². The van der Waals surface area contributed by atoms with Crippen molar-refractivity contribution in [2.24, 2.45) is 0 Å². The lowest BCUT2D eigenvalue weighted by Crippen LogP contribution is -2.34. The van der Waals surface area contributed by atoms with Crippen LogP contribution in [0, 0.1) is 0 Å². The number of hydrogen-bond acceptors (Lipinski definition) is 5. The molecule has 4 heterocycles. The Balaban J connectivity index is 1.43. The fraction of sp³-hybridized carbons (Fsp3) is 0.190. The fourth-order valence-corrected chi connectivity index (χ4v) is 4.71. The molecule has 0 fully saturated rings. The van der Waals surface area contributed by atoms with Gasteiger partial charge in [0, 0.05) is 52.7 Å². The topological polar surface area (TPSA) is 61.9 Å². The number of hydrogen-bond donors (Lipinski definition) is 1. The van der Waals surface area contributed by atoms with Crippen LogP contribution >= 0.6 is 11.3 Å². The second kappa shape index (κ2) is 6.72. The van der Waals surface area contributed by atoms with Crippen molar-refractivity contribution in [2.75, 3.05) is 6.54 Å². The molecule has 1 aliphatic rings. The first-order valence-electron chi connectivity index (χ1n) is 8.98. The number of nitrogens with one attached hydrogen (secondary N) is 1. The Morgan fingerprint density at radius 3 is 2.96 bits per heavy atom. The summed E-state index contributed by atoms with van der Waals surface area (Å²) >= 11 is 1.84. The third kappa shape index (κ3) is 3.18. The number of rotatable bonds is 3. The van der Waals surface area contributed by atoms with Gasteiger partial charge in [0.25, 0.3) is 5.56 Å². The van der Waals surface area contributed by atoms with Crippen LogP contribution < -0.4 is 5.56 Å². The molecule has 0 spiro atoms. The summed E-state index contributed by atoms with van der Waals surface area (Å²) in [6.07, 6.45) is 4.17. The van der Waals surface area contributed by atoms with E-state index in [1.165, 1.54) is 15.0 Å². The van der Waals surface area contributed by atoms with Crippen LogP contribution in [-0.4, -0.2) is 26.4 Å². The molecule has 5 rings (SSSR count). The molecular formula is C21H18N4OS. The van der Waals surface area contributed by atoms with Gasteiger partial charge in [-0.2, -0.15) is 0 Å². The third-order valence-corrected chi connectivity index (χ3v) is 6.04. The van der Waals surface area contributed by atoms with Crippen molar-refractivity contribution in [1.82, 2.24) is 19.9 Å². The van der Waals surface area contributed by atoms with E-state index in [4.69, 9.17) is 4.98 Å². The number of aromatic amines is 1. The zero-order valence-electron chi connectivity index (χ0n) is 14.7. The maximum absolute atomic E-state index is 12.5. The summed E-state index contributed by atoms with van der Waals surface area (Å²) in [5, 5.41) is 1.29. The zero-order chi connectivity index (χ0) is 18.2. The summed E-state index contributed by atoms with van der Waals surface area (Å²) in [5.41, 5.74) is 2.50. The second-order valence-corrected chi connectivity index (χ2v) is 7.96. The number of fused-ring (bicyclic) bond motifs is 2. The van der Waals surface area contributed by atoms with Crippen molar-refractivity contribution in [3.05, 3.63) is 81.3 Å². The van der Waals surface area contributed by atoms with Gasteiger partial charge < -0.3 is 4.98 Å². The van der Waals surface area contributed by atoms with Crippen LogP contribution in [0.2, 0.25) is 0 Å². The molecule has 0 atom stereocenters. The Hall–Kier alpha value is -2.83. The molecular weight excluding hydrogens is 356 g/mol. The van der Waals surface area contributed by atoms with Crippen LogP contribution in [0.1, 0.15) is 16.1 Å². The van der Waals surface area contributed by atoms with Crippen LogP contribution in [-0.2, 0) is 19.5 Å². The molecule has 1 aliphatic heterocycles. The molecule has 0 radical (unpaired) electrons. The molecule has 4 aromatic rings. The third-order valence-electron chi connectivity index (χ3n) is 4.94. The molecule has 134 valence electrons. The number of pyridine rings is 1. The van der Waals surface area contributed by atoms with Crippen LogP contribution in [0.3, 0.4) is 0 Å². The van der Waals surface area contributed by atoms with Gasteiger partial charge in [-0.25, -0.2) is 4.98 Å². The standard InChI is InChI=1S/C21H18N4OS/c26-21-17-7-9-25(12-16-10-14-4-1-2-6-19(14)27-16)13-18(17)23-20(24-21)15-5-3-8-22-11-15/h1-6,8,10-11H,7,9,12-13H2,(H,23,24,26). The molecule has 0 bridgehead atoms. The molecule has 1 aromatic carbocycles. The summed E-state index contributed by atoms with van der Waals surface area (Å²) in [5.74, 6) is 0.593. The van der Waals surface area contributed by atoms with Crippen molar-refractivity contribution < 1.29 is 0 Å².